The highest BCUT2D eigenvalue weighted by molar-refractivity contribution is 9.10. The number of aromatic nitrogens is 2. The van der Waals surface area contributed by atoms with Crippen LogP contribution in [0.3, 0.4) is 0 Å². The van der Waals surface area contributed by atoms with E-state index in [4.69, 9.17) is 0 Å². The lowest BCUT2D eigenvalue weighted by atomic mass is 9.91. The fourth-order valence-corrected chi connectivity index (χ4v) is 9.59. The fourth-order valence-electron chi connectivity index (χ4n) is 5.81. The lowest BCUT2D eigenvalue weighted by Crippen LogP contribution is -2.52. The average molecular weight is 733 g/mol. The molecule has 2 atom stereocenters. The summed E-state index contributed by atoms with van der Waals surface area (Å²) in [5.74, 6) is 0. The van der Waals surface area contributed by atoms with Gasteiger partial charge >= 0.3 is 0 Å². The van der Waals surface area contributed by atoms with E-state index in [9.17, 15) is 16.8 Å². The summed E-state index contributed by atoms with van der Waals surface area (Å²) < 4.78 is 61.6. The Kier molecular flexibility index (Phi) is 8.38. The van der Waals surface area contributed by atoms with Crippen molar-refractivity contribution in [3.05, 3.63) is 117 Å². The second-order valence-electron chi connectivity index (χ2n) is 10.5. The topological polar surface area (TPSA) is 101 Å². The molecule has 3 heterocycles. The maximum absolute atomic E-state index is 14.4. The zero-order valence-electron chi connectivity index (χ0n) is 22.5. The number of sulfonamides is 2. The van der Waals surface area contributed by atoms with Crippen molar-refractivity contribution in [1.29, 1.82) is 0 Å². The van der Waals surface area contributed by atoms with Crippen LogP contribution in [0.2, 0.25) is 0 Å². The molecule has 0 amide bonds. The van der Waals surface area contributed by atoms with Gasteiger partial charge in [0, 0.05) is 52.6 Å². The van der Waals surface area contributed by atoms with Crippen molar-refractivity contribution in [2.75, 3.05) is 6.54 Å². The van der Waals surface area contributed by atoms with Crippen molar-refractivity contribution in [1.82, 2.24) is 18.6 Å². The third-order valence-corrected chi connectivity index (χ3v) is 12.7. The van der Waals surface area contributed by atoms with Crippen LogP contribution in [0, 0.1) is 0 Å². The molecule has 6 rings (SSSR count). The quantitative estimate of drug-likeness (QED) is 0.235. The molecule has 1 aliphatic heterocycles. The van der Waals surface area contributed by atoms with Gasteiger partial charge in [0.2, 0.25) is 20.0 Å². The van der Waals surface area contributed by atoms with Crippen LogP contribution in [0.15, 0.2) is 104 Å². The molecule has 0 N–H and O–H groups in total. The monoisotopic (exact) mass is 730 g/mol. The second-order valence-corrected chi connectivity index (χ2v) is 16.1. The minimum Gasteiger partial charge on any atom is -0.261 e. The van der Waals surface area contributed by atoms with Gasteiger partial charge in [-0.05, 0) is 91.1 Å². The first-order chi connectivity index (χ1) is 20.1. The molecular formula is C30H28Br2N4O4S2. The Morgan fingerprint density at radius 3 is 2.12 bits per heavy atom. The van der Waals surface area contributed by atoms with Crippen molar-refractivity contribution < 1.29 is 16.8 Å². The predicted molar refractivity (Wildman–Crippen MR) is 167 cm³/mol. The summed E-state index contributed by atoms with van der Waals surface area (Å²) in [5, 5.41) is 0. The summed E-state index contributed by atoms with van der Waals surface area (Å²) in [5.41, 5.74) is 3.31. The minimum atomic E-state index is -4.05. The highest BCUT2D eigenvalue weighted by atomic mass is 79.9. The lowest BCUT2D eigenvalue weighted by Gasteiger charge is -2.41. The number of halogens is 2. The molecule has 0 saturated carbocycles. The first-order valence-electron chi connectivity index (χ1n) is 13.6. The fraction of sp³-hybridized carbons (Fsp3) is 0.267. The van der Waals surface area contributed by atoms with E-state index in [-0.39, 0.29) is 29.3 Å². The van der Waals surface area contributed by atoms with Gasteiger partial charge in [-0.3, -0.25) is 9.97 Å². The molecule has 0 radical (unpaired) electrons. The van der Waals surface area contributed by atoms with Gasteiger partial charge in [0.1, 0.15) is 0 Å². The Hall–Kier alpha value is -2.48. The van der Waals surface area contributed by atoms with E-state index >= 15 is 0 Å². The van der Waals surface area contributed by atoms with Crippen LogP contribution in [0.5, 0.6) is 0 Å². The van der Waals surface area contributed by atoms with Crippen molar-refractivity contribution >= 4 is 51.9 Å². The van der Waals surface area contributed by atoms with E-state index in [1.807, 2.05) is 18.2 Å². The molecule has 8 nitrogen and oxygen atoms in total. The number of pyridine rings is 2. The van der Waals surface area contributed by atoms with Gasteiger partial charge in [0.05, 0.1) is 21.5 Å². The third-order valence-electron chi connectivity index (χ3n) is 7.89. The highest BCUT2D eigenvalue weighted by Crippen LogP contribution is 2.38. The van der Waals surface area contributed by atoms with Crippen LogP contribution in [0.1, 0.15) is 41.4 Å². The molecule has 1 aliphatic carbocycles. The van der Waals surface area contributed by atoms with Crippen LogP contribution in [-0.4, -0.2) is 48.0 Å². The molecule has 218 valence electrons. The maximum atomic E-state index is 14.4. The molecule has 2 aromatic carbocycles. The molecule has 0 bridgehead atoms. The van der Waals surface area contributed by atoms with Crippen molar-refractivity contribution in [2.45, 2.75) is 54.1 Å². The number of hydrogen-bond acceptors (Lipinski definition) is 6. The summed E-state index contributed by atoms with van der Waals surface area (Å²) in [7, 11) is -8.03. The Balaban J connectivity index is 1.47. The average Bonchev–Trinajstić information content (AvgIpc) is 2.99. The molecule has 2 aliphatic rings. The Labute approximate surface area is 263 Å². The largest absolute Gasteiger partial charge is 0.261 e. The van der Waals surface area contributed by atoms with Crippen LogP contribution in [0.4, 0.5) is 0 Å². The van der Waals surface area contributed by atoms with Crippen LogP contribution in [-0.2, 0) is 39.4 Å². The third kappa shape index (κ3) is 5.72. The normalized spacial score (nSPS) is 19.3. The van der Waals surface area contributed by atoms with Crippen molar-refractivity contribution in [3.63, 3.8) is 0 Å². The van der Waals surface area contributed by atoms with E-state index in [1.165, 1.54) is 8.61 Å². The van der Waals surface area contributed by atoms with Gasteiger partial charge in [0.15, 0.2) is 0 Å². The molecule has 0 saturated heterocycles. The molecule has 2 aromatic heterocycles. The molecule has 0 spiro atoms. The number of fused-ring (bicyclic) bond motifs is 2. The second kappa shape index (κ2) is 11.9. The number of rotatable bonds is 7. The van der Waals surface area contributed by atoms with Gasteiger partial charge in [-0.25, -0.2) is 16.8 Å². The summed E-state index contributed by atoms with van der Waals surface area (Å²) >= 11 is 6.78. The molecule has 0 fully saturated rings. The smallest absolute Gasteiger partial charge is 0.243 e. The van der Waals surface area contributed by atoms with Crippen molar-refractivity contribution in [2.24, 2.45) is 0 Å². The van der Waals surface area contributed by atoms with E-state index in [0.29, 0.717) is 6.42 Å². The molecule has 0 unspecified atom stereocenters. The Bertz CT molecular complexity index is 1820. The van der Waals surface area contributed by atoms with E-state index in [0.717, 1.165) is 44.3 Å². The van der Waals surface area contributed by atoms with Crippen LogP contribution < -0.4 is 0 Å². The van der Waals surface area contributed by atoms with E-state index in [1.54, 1.807) is 67.0 Å². The number of hydrogen-bond donors (Lipinski definition) is 0. The standard InChI is InChI=1S/C30H28Br2N4O4S2/c31-23-8-12-26(13-9-23)41(37,38)35-19-22-6-3-16-33-28(22)18-25(35)20-36(42(39,40)27-14-10-24(32)11-15-27)29-7-1-4-21-5-2-17-34-30(21)29/h2-3,5-6,8-17,25,29H,1,4,7,18-20H2/t25-,29+/m1/s1. The molecular weight excluding hydrogens is 704 g/mol. The van der Waals surface area contributed by atoms with Crippen LogP contribution in [0.25, 0.3) is 0 Å². The van der Waals surface area contributed by atoms with Gasteiger partial charge in [-0.1, -0.05) is 44.0 Å². The first-order valence-corrected chi connectivity index (χ1v) is 18.0. The number of benzene rings is 2. The van der Waals surface area contributed by atoms with Crippen LogP contribution >= 0.6 is 31.9 Å². The van der Waals surface area contributed by atoms with E-state index in [2.05, 4.69) is 41.8 Å². The van der Waals surface area contributed by atoms with Gasteiger partial charge in [-0.2, -0.15) is 8.61 Å². The summed E-state index contributed by atoms with van der Waals surface area (Å²) in [6, 6.07) is 19.3. The Morgan fingerprint density at radius 2 is 1.43 bits per heavy atom. The maximum Gasteiger partial charge on any atom is 0.243 e. The minimum absolute atomic E-state index is 0.0507. The lowest BCUT2D eigenvalue weighted by molar-refractivity contribution is 0.202. The number of nitrogens with zero attached hydrogens (tertiary/aromatic N) is 4. The summed E-state index contributed by atoms with van der Waals surface area (Å²) in [6.45, 7) is 0.0444. The summed E-state index contributed by atoms with van der Waals surface area (Å²) in [4.78, 5) is 9.47. The molecule has 12 heteroatoms. The predicted octanol–water partition coefficient (Wildman–Crippen LogP) is 5.89. The Morgan fingerprint density at radius 1 is 0.810 bits per heavy atom. The van der Waals surface area contributed by atoms with Crippen molar-refractivity contribution in [3.8, 4) is 0 Å². The van der Waals surface area contributed by atoms with Gasteiger partial charge < -0.3 is 0 Å². The number of aryl methyl sites for hydroxylation is 1. The highest BCUT2D eigenvalue weighted by Gasteiger charge is 2.42. The molecule has 42 heavy (non-hydrogen) atoms. The zero-order valence-corrected chi connectivity index (χ0v) is 27.3. The van der Waals surface area contributed by atoms with Gasteiger partial charge in [0.25, 0.3) is 0 Å². The van der Waals surface area contributed by atoms with E-state index < -0.39 is 32.1 Å². The van der Waals surface area contributed by atoms with Gasteiger partial charge in [-0.15, -0.1) is 0 Å². The SMILES string of the molecule is O=S(=O)(c1ccc(Br)cc1)N1Cc2cccnc2C[C@@H]1CN([C@H]1CCCc2cccnc21)S(=O)(=O)c1ccc(Br)cc1. The summed E-state index contributed by atoms with van der Waals surface area (Å²) in [6.07, 6.45) is 5.85. The zero-order chi connectivity index (χ0) is 29.5. The first kappa shape index (κ1) is 29.6. The molecule has 4 aromatic rings.